The van der Waals surface area contributed by atoms with Crippen molar-refractivity contribution in [1.29, 1.82) is 0 Å². The number of hydrogen-bond acceptors (Lipinski definition) is 5. The van der Waals surface area contributed by atoms with Crippen molar-refractivity contribution in [3.8, 4) is 11.5 Å². The molecule has 1 fully saturated rings. The van der Waals surface area contributed by atoms with E-state index in [-0.39, 0.29) is 5.91 Å². The summed E-state index contributed by atoms with van der Waals surface area (Å²) in [6.45, 7) is 2.87. The fourth-order valence-electron chi connectivity index (χ4n) is 2.31. The molecule has 0 aromatic heterocycles. The molecular formula is C19H17NO3S2. The maximum Gasteiger partial charge on any atom is 0.263 e. The minimum Gasteiger partial charge on any atom is -0.490 e. The SMILES string of the molecule is Cc1cccc(OCCOc2ccccc2/C=C2\SC(=S)NC2=O)c1. The van der Waals surface area contributed by atoms with Crippen molar-refractivity contribution in [2.24, 2.45) is 0 Å². The van der Waals surface area contributed by atoms with Crippen LogP contribution < -0.4 is 14.8 Å². The Bertz CT molecular complexity index is 833. The van der Waals surface area contributed by atoms with Gasteiger partial charge in [-0.3, -0.25) is 4.79 Å². The Kier molecular flexibility index (Phi) is 5.73. The Morgan fingerprint density at radius 3 is 2.68 bits per heavy atom. The quantitative estimate of drug-likeness (QED) is 0.473. The predicted octanol–water partition coefficient (Wildman–Crippen LogP) is 3.94. The van der Waals surface area contributed by atoms with Crippen LogP contribution in [-0.4, -0.2) is 23.4 Å². The predicted molar refractivity (Wildman–Crippen MR) is 105 cm³/mol. The van der Waals surface area contributed by atoms with Gasteiger partial charge in [0.1, 0.15) is 29.0 Å². The molecular weight excluding hydrogens is 354 g/mol. The lowest BCUT2D eigenvalue weighted by molar-refractivity contribution is -0.115. The van der Waals surface area contributed by atoms with E-state index in [4.69, 9.17) is 21.7 Å². The Hall–Kier alpha value is -2.31. The maximum atomic E-state index is 11.8. The zero-order valence-electron chi connectivity index (χ0n) is 13.7. The van der Waals surface area contributed by atoms with Crippen LogP contribution in [-0.2, 0) is 4.79 Å². The topological polar surface area (TPSA) is 47.6 Å². The molecule has 0 saturated carbocycles. The van der Waals surface area contributed by atoms with E-state index in [1.807, 2.05) is 55.5 Å². The van der Waals surface area contributed by atoms with Crippen molar-refractivity contribution in [1.82, 2.24) is 5.32 Å². The van der Waals surface area contributed by atoms with Gasteiger partial charge in [-0.2, -0.15) is 0 Å². The van der Waals surface area contributed by atoms with Crippen molar-refractivity contribution in [3.63, 3.8) is 0 Å². The largest absolute Gasteiger partial charge is 0.490 e. The summed E-state index contributed by atoms with van der Waals surface area (Å²) in [7, 11) is 0. The molecule has 1 amide bonds. The maximum absolute atomic E-state index is 11.8. The average molecular weight is 371 g/mol. The van der Waals surface area contributed by atoms with Crippen LogP contribution in [0.3, 0.4) is 0 Å². The van der Waals surface area contributed by atoms with Gasteiger partial charge in [-0.05, 0) is 36.8 Å². The van der Waals surface area contributed by atoms with Gasteiger partial charge in [-0.25, -0.2) is 0 Å². The van der Waals surface area contributed by atoms with Crippen LogP contribution in [0.1, 0.15) is 11.1 Å². The van der Waals surface area contributed by atoms with Gasteiger partial charge in [-0.15, -0.1) is 0 Å². The molecule has 1 aliphatic heterocycles. The van der Waals surface area contributed by atoms with Gasteiger partial charge in [0, 0.05) is 5.56 Å². The second kappa shape index (κ2) is 8.18. The van der Waals surface area contributed by atoms with Crippen LogP contribution in [0.5, 0.6) is 11.5 Å². The highest BCUT2D eigenvalue weighted by Gasteiger charge is 2.22. The number of thiocarbonyl (C=S) groups is 1. The fraction of sp³-hybridized carbons (Fsp3) is 0.158. The Morgan fingerprint density at radius 1 is 1.12 bits per heavy atom. The molecule has 0 unspecified atom stereocenters. The number of amides is 1. The van der Waals surface area contributed by atoms with Gasteiger partial charge < -0.3 is 14.8 Å². The van der Waals surface area contributed by atoms with E-state index in [0.29, 0.717) is 28.2 Å². The van der Waals surface area contributed by atoms with Crippen LogP contribution >= 0.6 is 24.0 Å². The monoisotopic (exact) mass is 371 g/mol. The lowest BCUT2D eigenvalue weighted by Crippen LogP contribution is -2.17. The lowest BCUT2D eigenvalue weighted by Gasteiger charge is -2.11. The molecule has 1 aliphatic rings. The summed E-state index contributed by atoms with van der Waals surface area (Å²) >= 11 is 6.26. The zero-order chi connectivity index (χ0) is 17.6. The van der Waals surface area contributed by atoms with Crippen LogP contribution in [0.4, 0.5) is 0 Å². The third-order valence-electron chi connectivity index (χ3n) is 3.45. The van der Waals surface area contributed by atoms with E-state index in [9.17, 15) is 4.79 Å². The molecule has 0 aliphatic carbocycles. The number of rotatable bonds is 6. The summed E-state index contributed by atoms with van der Waals surface area (Å²) in [5, 5.41) is 2.61. The van der Waals surface area contributed by atoms with Crippen molar-refractivity contribution >= 4 is 40.3 Å². The molecule has 0 spiro atoms. The minimum atomic E-state index is -0.174. The molecule has 6 heteroatoms. The van der Waals surface area contributed by atoms with Gasteiger partial charge in [-0.1, -0.05) is 54.3 Å². The number of carbonyl (C=O) groups is 1. The lowest BCUT2D eigenvalue weighted by atomic mass is 10.2. The molecule has 3 rings (SSSR count). The smallest absolute Gasteiger partial charge is 0.263 e. The summed E-state index contributed by atoms with van der Waals surface area (Å²) < 4.78 is 12.0. The summed E-state index contributed by atoms with van der Waals surface area (Å²) in [6, 6.07) is 15.5. The van der Waals surface area contributed by atoms with Gasteiger partial charge >= 0.3 is 0 Å². The normalized spacial score (nSPS) is 15.3. The van der Waals surface area contributed by atoms with Crippen molar-refractivity contribution < 1.29 is 14.3 Å². The molecule has 2 aromatic rings. The summed E-state index contributed by atoms with van der Waals surface area (Å²) in [5.41, 5.74) is 1.99. The number of aryl methyl sites for hydroxylation is 1. The second-order valence-electron chi connectivity index (χ2n) is 5.40. The molecule has 25 heavy (non-hydrogen) atoms. The van der Waals surface area contributed by atoms with Gasteiger partial charge in [0.25, 0.3) is 5.91 Å². The average Bonchev–Trinajstić information content (AvgIpc) is 2.90. The van der Waals surface area contributed by atoms with Crippen LogP contribution in [0.25, 0.3) is 6.08 Å². The van der Waals surface area contributed by atoms with Crippen molar-refractivity contribution in [2.45, 2.75) is 6.92 Å². The molecule has 2 aromatic carbocycles. The number of ether oxygens (including phenoxy) is 2. The Morgan fingerprint density at radius 2 is 1.92 bits per heavy atom. The van der Waals surface area contributed by atoms with Gasteiger partial charge in [0.2, 0.25) is 0 Å². The molecule has 1 saturated heterocycles. The van der Waals surface area contributed by atoms with Gasteiger partial charge in [0.15, 0.2) is 0 Å². The first-order chi connectivity index (χ1) is 12.1. The second-order valence-corrected chi connectivity index (χ2v) is 7.12. The first-order valence-corrected chi connectivity index (χ1v) is 9.00. The molecule has 0 atom stereocenters. The summed E-state index contributed by atoms with van der Waals surface area (Å²) in [6.07, 6.45) is 1.79. The molecule has 1 N–H and O–H groups in total. The highest BCUT2D eigenvalue weighted by molar-refractivity contribution is 8.26. The van der Waals surface area contributed by atoms with Crippen LogP contribution in [0.2, 0.25) is 0 Å². The summed E-state index contributed by atoms with van der Waals surface area (Å²) in [5.74, 6) is 1.35. The number of para-hydroxylation sites is 1. The number of benzene rings is 2. The molecule has 1 heterocycles. The number of hydrogen-bond donors (Lipinski definition) is 1. The number of thioether (sulfide) groups is 1. The van der Waals surface area contributed by atoms with E-state index >= 15 is 0 Å². The number of carbonyl (C=O) groups excluding carboxylic acids is 1. The van der Waals surface area contributed by atoms with Crippen LogP contribution in [0, 0.1) is 6.92 Å². The first kappa shape index (κ1) is 17.5. The van der Waals surface area contributed by atoms with E-state index in [2.05, 4.69) is 5.32 Å². The highest BCUT2D eigenvalue weighted by Crippen LogP contribution is 2.29. The van der Waals surface area contributed by atoms with E-state index in [0.717, 1.165) is 16.9 Å². The third-order valence-corrected chi connectivity index (χ3v) is 4.61. The van der Waals surface area contributed by atoms with Crippen molar-refractivity contribution in [3.05, 3.63) is 64.6 Å². The Balaban J connectivity index is 1.61. The van der Waals surface area contributed by atoms with Crippen molar-refractivity contribution in [2.75, 3.05) is 13.2 Å². The first-order valence-electron chi connectivity index (χ1n) is 7.78. The Labute approximate surface area is 156 Å². The number of nitrogens with one attached hydrogen (secondary N) is 1. The molecule has 0 bridgehead atoms. The molecule has 0 radical (unpaired) electrons. The highest BCUT2D eigenvalue weighted by atomic mass is 32.2. The molecule has 4 nitrogen and oxygen atoms in total. The molecule has 128 valence electrons. The van der Waals surface area contributed by atoms with Gasteiger partial charge in [0.05, 0.1) is 4.91 Å². The standard InChI is InChI=1S/C19H17NO3S2/c1-13-5-4-7-15(11-13)22-9-10-23-16-8-3-2-6-14(16)12-17-18(21)20-19(24)25-17/h2-8,11-12H,9-10H2,1H3,(H,20,21,24)/b17-12-. The fourth-order valence-corrected chi connectivity index (χ4v) is 3.34. The van der Waals surface area contributed by atoms with Crippen LogP contribution in [0.15, 0.2) is 53.4 Å². The third kappa shape index (κ3) is 4.84. The van der Waals surface area contributed by atoms with E-state index in [1.54, 1.807) is 6.08 Å². The van der Waals surface area contributed by atoms with E-state index < -0.39 is 0 Å². The minimum absolute atomic E-state index is 0.174. The zero-order valence-corrected chi connectivity index (χ0v) is 15.3. The van der Waals surface area contributed by atoms with E-state index in [1.165, 1.54) is 11.8 Å². The summed E-state index contributed by atoms with van der Waals surface area (Å²) in [4.78, 5) is 12.4.